The first-order valence-corrected chi connectivity index (χ1v) is 9.89. The molecule has 1 aromatic heterocycles. The maximum atomic E-state index is 12.8. The minimum atomic E-state index is -0.0508. The number of hydrogen-bond acceptors (Lipinski definition) is 8. The Hall–Kier alpha value is -3.01. The van der Waals surface area contributed by atoms with Gasteiger partial charge < -0.3 is 24.6 Å². The summed E-state index contributed by atoms with van der Waals surface area (Å²) < 4.78 is 10.7. The van der Waals surface area contributed by atoms with Gasteiger partial charge in [0.25, 0.3) is 5.91 Å². The summed E-state index contributed by atoms with van der Waals surface area (Å²) in [6.07, 6.45) is 1.52. The Bertz CT molecular complexity index is 961. The number of amides is 2. The van der Waals surface area contributed by atoms with Crippen LogP contribution in [-0.4, -0.2) is 65.4 Å². The monoisotopic (exact) mass is 399 g/mol. The fourth-order valence-corrected chi connectivity index (χ4v) is 4.21. The first-order valence-electron chi connectivity index (χ1n) is 8.90. The summed E-state index contributed by atoms with van der Waals surface area (Å²) in [6.45, 7) is 2.56. The third-order valence-corrected chi connectivity index (χ3v) is 5.87. The SMILES string of the molecule is O=C1CSc2ncnc(N3CCN(C(=O)c4ccc5c(c4)OCO5)CC3)c2N1. The van der Waals surface area contributed by atoms with E-state index in [4.69, 9.17) is 9.47 Å². The number of anilines is 2. The molecule has 1 fully saturated rings. The van der Waals surface area contributed by atoms with E-state index >= 15 is 0 Å². The molecule has 3 aliphatic heterocycles. The molecule has 5 rings (SSSR count). The molecule has 2 amide bonds. The number of carbonyl (C=O) groups excluding carboxylic acids is 2. The first kappa shape index (κ1) is 17.1. The molecule has 0 unspecified atom stereocenters. The van der Waals surface area contributed by atoms with Crippen molar-refractivity contribution in [2.24, 2.45) is 0 Å². The van der Waals surface area contributed by atoms with Crippen LogP contribution < -0.4 is 19.7 Å². The van der Waals surface area contributed by atoms with Gasteiger partial charge in [0, 0.05) is 31.7 Å². The summed E-state index contributed by atoms with van der Waals surface area (Å²) in [6, 6.07) is 5.25. The second-order valence-electron chi connectivity index (χ2n) is 6.56. The van der Waals surface area contributed by atoms with Gasteiger partial charge in [0.1, 0.15) is 17.0 Å². The van der Waals surface area contributed by atoms with Crippen molar-refractivity contribution in [2.45, 2.75) is 5.03 Å². The predicted molar refractivity (Wildman–Crippen MR) is 102 cm³/mol. The smallest absolute Gasteiger partial charge is 0.254 e. The van der Waals surface area contributed by atoms with Crippen LogP contribution in [0.3, 0.4) is 0 Å². The lowest BCUT2D eigenvalue weighted by Crippen LogP contribution is -2.49. The van der Waals surface area contributed by atoms with Gasteiger partial charge in [-0.3, -0.25) is 9.59 Å². The topological polar surface area (TPSA) is 96.9 Å². The number of fused-ring (bicyclic) bond motifs is 2. The van der Waals surface area contributed by atoms with Crippen LogP contribution in [0.4, 0.5) is 11.5 Å². The van der Waals surface area contributed by atoms with Gasteiger partial charge in [-0.15, -0.1) is 0 Å². The summed E-state index contributed by atoms with van der Waals surface area (Å²) in [5, 5.41) is 3.66. The lowest BCUT2D eigenvalue weighted by atomic mass is 10.1. The van der Waals surface area contributed by atoms with Gasteiger partial charge in [0.15, 0.2) is 17.3 Å². The molecule has 0 spiro atoms. The molecule has 1 aromatic carbocycles. The molecule has 0 atom stereocenters. The lowest BCUT2D eigenvalue weighted by molar-refractivity contribution is -0.113. The van der Waals surface area contributed by atoms with E-state index in [2.05, 4.69) is 20.2 Å². The zero-order chi connectivity index (χ0) is 19.1. The zero-order valence-corrected chi connectivity index (χ0v) is 15.7. The summed E-state index contributed by atoms with van der Waals surface area (Å²) in [5.74, 6) is 2.25. The fourth-order valence-electron chi connectivity index (χ4n) is 3.46. The Balaban J connectivity index is 1.29. The number of nitrogens with zero attached hydrogens (tertiary/aromatic N) is 4. The molecule has 3 aliphatic rings. The quantitative estimate of drug-likeness (QED) is 0.753. The van der Waals surface area contributed by atoms with E-state index in [0.717, 1.165) is 5.03 Å². The highest BCUT2D eigenvalue weighted by Gasteiger charge is 2.28. The normalized spacial score (nSPS) is 17.9. The summed E-state index contributed by atoms with van der Waals surface area (Å²) in [4.78, 5) is 37.1. The van der Waals surface area contributed by atoms with Crippen LogP contribution in [0.2, 0.25) is 0 Å². The molecule has 1 N–H and O–H groups in total. The van der Waals surface area contributed by atoms with Crippen LogP contribution in [0, 0.1) is 0 Å². The Kier molecular flexibility index (Phi) is 4.19. The number of ether oxygens (including phenoxy) is 2. The summed E-state index contributed by atoms with van der Waals surface area (Å²) >= 11 is 1.41. The summed E-state index contributed by atoms with van der Waals surface area (Å²) in [7, 11) is 0. The highest BCUT2D eigenvalue weighted by atomic mass is 32.2. The third-order valence-electron chi connectivity index (χ3n) is 4.88. The Morgan fingerprint density at radius 2 is 1.93 bits per heavy atom. The van der Waals surface area contributed by atoms with E-state index in [-0.39, 0.29) is 18.6 Å². The van der Waals surface area contributed by atoms with E-state index in [1.165, 1.54) is 18.1 Å². The highest BCUT2D eigenvalue weighted by molar-refractivity contribution is 8.00. The van der Waals surface area contributed by atoms with Gasteiger partial charge in [0.05, 0.1) is 5.75 Å². The molecule has 10 heteroatoms. The van der Waals surface area contributed by atoms with Crippen LogP contribution in [0.15, 0.2) is 29.6 Å². The van der Waals surface area contributed by atoms with Crippen molar-refractivity contribution in [3.8, 4) is 11.5 Å². The molecular weight excluding hydrogens is 382 g/mol. The molecular formula is C18H17N5O4S. The van der Waals surface area contributed by atoms with Gasteiger partial charge in [-0.2, -0.15) is 0 Å². The average Bonchev–Trinajstić information content (AvgIpc) is 3.21. The molecule has 144 valence electrons. The molecule has 0 radical (unpaired) electrons. The zero-order valence-electron chi connectivity index (χ0n) is 14.9. The maximum absolute atomic E-state index is 12.8. The van der Waals surface area contributed by atoms with Crippen molar-refractivity contribution < 1.29 is 19.1 Å². The molecule has 0 aliphatic carbocycles. The highest BCUT2D eigenvalue weighted by Crippen LogP contribution is 2.36. The van der Waals surface area contributed by atoms with Gasteiger partial charge in [-0.25, -0.2) is 9.97 Å². The molecule has 0 saturated carbocycles. The van der Waals surface area contributed by atoms with Gasteiger partial charge >= 0.3 is 0 Å². The number of hydrogen-bond donors (Lipinski definition) is 1. The Morgan fingerprint density at radius 3 is 2.79 bits per heavy atom. The van der Waals surface area contributed by atoms with Gasteiger partial charge in [-0.1, -0.05) is 11.8 Å². The second-order valence-corrected chi connectivity index (χ2v) is 7.53. The van der Waals surface area contributed by atoms with Crippen LogP contribution in [0.25, 0.3) is 0 Å². The van der Waals surface area contributed by atoms with Crippen LogP contribution >= 0.6 is 11.8 Å². The van der Waals surface area contributed by atoms with Crippen molar-refractivity contribution in [1.29, 1.82) is 0 Å². The number of thioether (sulfide) groups is 1. The van der Waals surface area contributed by atoms with Crippen molar-refractivity contribution in [2.75, 3.05) is 48.9 Å². The molecule has 0 bridgehead atoms. The van der Waals surface area contributed by atoms with Crippen molar-refractivity contribution >= 4 is 35.1 Å². The van der Waals surface area contributed by atoms with Crippen LogP contribution in [-0.2, 0) is 4.79 Å². The maximum Gasteiger partial charge on any atom is 0.254 e. The minimum absolute atomic E-state index is 0.0356. The van der Waals surface area contributed by atoms with Crippen molar-refractivity contribution in [3.05, 3.63) is 30.1 Å². The predicted octanol–water partition coefficient (Wildman–Crippen LogP) is 1.21. The minimum Gasteiger partial charge on any atom is -0.454 e. The molecule has 1 saturated heterocycles. The van der Waals surface area contributed by atoms with E-state index in [0.29, 0.717) is 60.5 Å². The van der Waals surface area contributed by atoms with Crippen LogP contribution in [0.5, 0.6) is 11.5 Å². The average molecular weight is 399 g/mol. The van der Waals surface area contributed by atoms with E-state index in [9.17, 15) is 9.59 Å². The molecule has 9 nitrogen and oxygen atoms in total. The van der Waals surface area contributed by atoms with E-state index in [1.54, 1.807) is 18.2 Å². The third kappa shape index (κ3) is 2.99. The Morgan fingerprint density at radius 1 is 1.11 bits per heavy atom. The number of benzene rings is 1. The first-order chi connectivity index (χ1) is 13.7. The standard InChI is InChI=1S/C18H17N5O4S/c24-14-8-28-17-15(21-14)16(19-9-20-17)22-3-5-23(6-4-22)18(25)11-1-2-12-13(7-11)27-10-26-12/h1-2,7,9H,3-6,8,10H2,(H,21,24). The largest absolute Gasteiger partial charge is 0.454 e. The van der Waals surface area contributed by atoms with Crippen molar-refractivity contribution in [3.63, 3.8) is 0 Å². The van der Waals surface area contributed by atoms with Gasteiger partial charge in [-0.05, 0) is 18.2 Å². The van der Waals surface area contributed by atoms with Crippen LogP contribution in [0.1, 0.15) is 10.4 Å². The number of nitrogens with one attached hydrogen (secondary N) is 1. The second kappa shape index (κ2) is 6.86. The summed E-state index contributed by atoms with van der Waals surface area (Å²) in [5.41, 5.74) is 1.25. The van der Waals surface area contributed by atoms with Crippen molar-refractivity contribution in [1.82, 2.24) is 14.9 Å². The number of carbonyl (C=O) groups is 2. The number of rotatable bonds is 2. The lowest BCUT2D eigenvalue weighted by Gasteiger charge is -2.36. The van der Waals surface area contributed by atoms with Gasteiger partial charge in [0.2, 0.25) is 12.7 Å². The molecule has 4 heterocycles. The molecule has 28 heavy (non-hydrogen) atoms. The molecule has 2 aromatic rings. The Labute approximate surface area is 165 Å². The number of aromatic nitrogens is 2. The fraction of sp³-hybridized carbons (Fsp3) is 0.333. The number of piperazine rings is 1. The van der Waals surface area contributed by atoms with E-state index in [1.807, 2.05) is 4.90 Å². The van der Waals surface area contributed by atoms with E-state index < -0.39 is 0 Å².